The summed E-state index contributed by atoms with van der Waals surface area (Å²) in [4.78, 5) is 27.4. The van der Waals surface area contributed by atoms with Gasteiger partial charge in [0.25, 0.3) is 5.56 Å². The first-order valence-corrected chi connectivity index (χ1v) is 7.85. The van der Waals surface area contributed by atoms with Gasteiger partial charge in [-0.15, -0.1) is 0 Å². The number of aromatic nitrogens is 5. The highest BCUT2D eigenvalue weighted by molar-refractivity contribution is 9.10. The second-order valence-electron chi connectivity index (χ2n) is 5.12. The summed E-state index contributed by atoms with van der Waals surface area (Å²) in [6.45, 7) is 0. The SMILES string of the molecule is CNC(=O)n1ncc2c3nn(-c4ccc(Br)cc4)c(=O)c-3c[nH]c21. The van der Waals surface area contributed by atoms with Crippen molar-refractivity contribution in [3.05, 3.63) is 51.5 Å². The van der Waals surface area contributed by atoms with Gasteiger partial charge in [0.05, 0.1) is 22.8 Å². The number of carbonyl (C=O) groups excluding carboxylic acids is 1. The average molecular weight is 387 g/mol. The third kappa shape index (κ3) is 2.05. The number of aromatic amines is 1. The highest BCUT2D eigenvalue weighted by Crippen LogP contribution is 2.26. The molecule has 8 nitrogen and oxygen atoms in total. The minimum absolute atomic E-state index is 0.238. The average Bonchev–Trinajstić information content (AvgIpc) is 3.16. The van der Waals surface area contributed by atoms with Gasteiger partial charge >= 0.3 is 6.03 Å². The van der Waals surface area contributed by atoms with Crippen molar-refractivity contribution in [2.75, 3.05) is 7.05 Å². The summed E-state index contributed by atoms with van der Waals surface area (Å²) in [7, 11) is 1.52. The van der Waals surface area contributed by atoms with Gasteiger partial charge in [-0.05, 0) is 24.3 Å². The van der Waals surface area contributed by atoms with E-state index in [1.165, 1.54) is 22.6 Å². The van der Waals surface area contributed by atoms with E-state index in [2.05, 4.69) is 36.4 Å². The van der Waals surface area contributed by atoms with Gasteiger partial charge in [0.1, 0.15) is 11.3 Å². The standard InChI is InChI=1S/C15H11BrN6O2/c1-17-15(24)22-13-10(7-19-22)12-11(6-18-13)14(23)21(20-12)9-4-2-8(16)3-5-9/h2-7,18H,1H3,(H,17,24). The predicted molar refractivity (Wildman–Crippen MR) is 91.7 cm³/mol. The van der Waals surface area contributed by atoms with E-state index in [0.717, 1.165) is 4.47 Å². The molecule has 0 bridgehead atoms. The molecule has 0 spiro atoms. The molecule has 120 valence electrons. The maximum atomic E-state index is 12.6. The lowest BCUT2D eigenvalue weighted by molar-refractivity contribution is 0.242. The van der Waals surface area contributed by atoms with Crippen LogP contribution in [-0.2, 0) is 0 Å². The highest BCUT2D eigenvalue weighted by atomic mass is 79.9. The van der Waals surface area contributed by atoms with E-state index in [1.807, 2.05) is 12.1 Å². The Morgan fingerprint density at radius 1 is 1.29 bits per heavy atom. The molecular formula is C15H11BrN6O2. The molecule has 1 amide bonds. The normalized spacial score (nSPS) is 11.2. The minimum Gasteiger partial charge on any atom is -0.345 e. The van der Waals surface area contributed by atoms with E-state index in [4.69, 9.17) is 0 Å². The van der Waals surface area contributed by atoms with Gasteiger partial charge in [0, 0.05) is 17.7 Å². The van der Waals surface area contributed by atoms with Crippen molar-refractivity contribution in [2.24, 2.45) is 0 Å². The number of hydrogen-bond donors (Lipinski definition) is 2. The van der Waals surface area contributed by atoms with E-state index < -0.39 is 0 Å². The van der Waals surface area contributed by atoms with Crippen LogP contribution in [0.25, 0.3) is 28.0 Å². The number of fused-ring (bicyclic) bond motifs is 3. The second kappa shape index (κ2) is 5.31. The molecule has 2 aliphatic heterocycles. The van der Waals surface area contributed by atoms with Crippen molar-refractivity contribution in [2.45, 2.75) is 0 Å². The Hall–Kier alpha value is -2.94. The number of H-pyrrole nitrogens is 1. The summed E-state index contributed by atoms with van der Waals surface area (Å²) in [6.07, 6.45) is 3.06. The largest absolute Gasteiger partial charge is 0.345 e. The Balaban J connectivity index is 1.98. The number of carbonyl (C=O) groups is 1. The van der Waals surface area contributed by atoms with Crippen molar-refractivity contribution in [3.63, 3.8) is 0 Å². The van der Waals surface area contributed by atoms with Crippen LogP contribution in [0.5, 0.6) is 0 Å². The molecule has 9 heteroatoms. The summed E-state index contributed by atoms with van der Waals surface area (Å²) in [5, 5.41) is 11.6. The van der Waals surface area contributed by atoms with E-state index in [-0.39, 0.29) is 11.6 Å². The zero-order valence-electron chi connectivity index (χ0n) is 12.4. The van der Waals surface area contributed by atoms with Gasteiger partial charge in [0.15, 0.2) is 0 Å². The first-order valence-electron chi connectivity index (χ1n) is 7.06. The fourth-order valence-electron chi connectivity index (χ4n) is 2.56. The summed E-state index contributed by atoms with van der Waals surface area (Å²) < 4.78 is 3.44. The van der Waals surface area contributed by atoms with Crippen LogP contribution >= 0.6 is 15.9 Å². The molecule has 1 aromatic carbocycles. The van der Waals surface area contributed by atoms with Gasteiger partial charge in [-0.25, -0.2) is 4.79 Å². The van der Waals surface area contributed by atoms with Crippen molar-refractivity contribution in [1.29, 1.82) is 0 Å². The lowest BCUT2D eigenvalue weighted by Gasteiger charge is -2.01. The molecule has 0 fully saturated rings. The minimum atomic E-state index is -0.379. The Kier molecular flexibility index (Phi) is 3.24. The van der Waals surface area contributed by atoms with Crippen LogP contribution in [0.2, 0.25) is 0 Å². The molecule has 0 saturated carbocycles. The molecule has 24 heavy (non-hydrogen) atoms. The first kappa shape index (κ1) is 14.6. The van der Waals surface area contributed by atoms with Crippen molar-refractivity contribution < 1.29 is 4.79 Å². The number of nitrogens with one attached hydrogen (secondary N) is 2. The molecule has 2 aromatic rings. The number of hydrogen-bond acceptors (Lipinski definition) is 4. The summed E-state index contributed by atoms with van der Waals surface area (Å²) in [5.41, 5.74) is 1.82. The molecule has 3 heterocycles. The molecule has 0 saturated heterocycles. The molecule has 0 unspecified atom stereocenters. The van der Waals surface area contributed by atoms with E-state index >= 15 is 0 Å². The zero-order chi connectivity index (χ0) is 16.8. The summed E-state index contributed by atoms with van der Waals surface area (Å²) in [5.74, 6) is 0. The van der Waals surface area contributed by atoms with Gasteiger partial charge in [-0.2, -0.15) is 19.6 Å². The maximum absolute atomic E-state index is 12.6. The monoisotopic (exact) mass is 386 g/mol. The van der Waals surface area contributed by atoms with Crippen molar-refractivity contribution in [1.82, 2.24) is 29.9 Å². The van der Waals surface area contributed by atoms with E-state index in [1.54, 1.807) is 18.3 Å². The topological polar surface area (TPSA) is 97.6 Å². The van der Waals surface area contributed by atoms with Gasteiger partial charge in [-0.1, -0.05) is 15.9 Å². The van der Waals surface area contributed by atoms with Gasteiger partial charge < -0.3 is 10.3 Å². The maximum Gasteiger partial charge on any atom is 0.343 e. The number of halogens is 1. The lowest BCUT2D eigenvalue weighted by atomic mass is 10.2. The molecular weight excluding hydrogens is 376 g/mol. The first-order chi connectivity index (χ1) is 11.6. The second-order valence-corrected chi connectivity index (χ2v) is 6.03. The smallest absolute Gasteiger partial charge is 0.343 e. The van der Waals surface area contributed by atoms with Crippen LogP contribution in [-0.4, -0.2) is 37.6 Å². The number of amides is 1. The molecule has 2 N–H and O–H groups in total. The number of nitrogens with zero attached hydrogens (tertiary/aromatic N) is 4. The van der Waals surface area contributed by atoms with Crippen LogP contribution in [0.4, 0.5) is 4.79 Å². The van der Waals surface area contributed by atoms with Crippen molar-refractivity contribution >= 4 is 33.0 Å². The quantitative estimate of drug-likeness (QED) is 0.522. The third-order valence-corrected chi connectivity index (χ3v) is 4.26. The molecule has 4 rings (SSSR count). The summed E-state index contributed by atoms with van der Waals surface area (Å²) >= 11 is 3.37. The molecule has 1 aromatic heterocycles. The highest BCUT2D eigenvalue weighted by Gasteiger charge is 2.22. The molecule has 2 aliphatic rings. The van der Waals surface area contributed by atoms with Crippen LogP contribution in [0.3, 0.4) is 0 Å². The molecule has 0 radical (unpaired) electrons. The Morgan fingerprint density at radius 3 is 2.75 bits per heavy atom. The summed E-state index contributed by atoms with van der Waals surface area (Å²) in [6, 6.07) is 6.90. The Bertz CT molecular complexity index is 1090. The Labute approximate surface area is 143 Å². The molecule has 0 aliphatic carbocycles. The fourth-order valence-corrected chi connectivity index (χ4v) is 2.83. The predicted octanol–water partition coefficient (Wildman–Crippen LogP) is 1.97. The fraction of sp³-hybridized carbons (Fsp3) is 0.0667. The van der Waals surface area contributed by atoms with Crippen LogP contribution in [0, 0.1) is 0 Å². The number of pyridine rings is 1. The Morgan fingerprint density at radius 2 is 2.04 bits per heavy atom. The number of rotatable bonds is 1. The van der Waals surface area contributed by atoms with E-state index in [0.29, 0.717) is 28.0 Å². The third-order valence-electron chi connectivity index (χ3n) is 3.73. The molecule has 0 atom stereocenters. The lowest BCUT2D eigenvalue weighted by Crippen LogP contribution is -2.25. The number of benzene rings is 1. The van der Waals surface area contributed by atoms with E-state index in [9.17, 15) is 9.59 Å². The zero-order valence-corrected chi connectivity index (χ0v) is 14.0. The van der Waals surface area contributed by atoms with Crippen LogP contribution in [0.1, 0.15) is 0 Å². The van der Waals surface area contributed by atoms with Gasteiger partial charge in [0.2, 0.25) is 0 Å². The van der Waals surface area contributed by atoms with Crippen LogP contribution in [0.15, 0.2) is 45.9 Å². The van der Waals surface area contributed by atoms with Crippen molar-refractivity contribution in [3.8, 4) is 16.9 Å². The van der Waals surface area contributed by atoms with Crippen LogP contribution < -0.4 is 10.9 Å². The van der Waals surface area contributed by atoms with Gasteiger partial charge in [-0.3, -0.25) is 4.79 Å².